The van der Waals surface area contributed by atoms with Crippen LogP contribution >= 0.6 is 0 Å². The lowest BCUT2D eigenvalue weighted by Gasteiger charge is -2.33. The summed E-state index contributed by atoms with van der Waals surface area (Å²) in [6.45, 7) is 5.20. The Labute approximate surface area is 96.0 Å². The van der Waals surface area contributed by atoms with Crippen LogP contribution < -0.4 is 0 Å². The topological polar surface area (TPSA) is 53.0 Å². The van der Waals surface area contributed by atoms with Crippen LogP contribution in [0.15, 0.2) is 0 Å². The molecule has 0 aliphatic carbocycles. The summed E-state index contributed by atoms with van der Waals surface area (Å²) in [5.74, 6) is -0.819. The molecule has 2 atom stereocenters. The second-order valence-corrected chi connectivity index (χ2v) is 4.77. The highest BCUT2D eigenvalue weighted by atomic mass is 16.5. The van der Waals surface area contributed by atoms with Crippen molar-refractivity contribution in [3.05, 3.63) is 0 Å². The summed E-state index contributed by atoms with van der Waals surface area (Å²) in [6, 6.07) is 0. The number of carboxylic acid groups (broad SMARTS) is 1. The molecule has 16 heavy (non-hydrogen) atoms. The van der Waals surface area contributed by atoms with E-state index in [2.05, 4.69) is 16.8 Å². The fourth-order valence-electron chi connectivity index (χ4n) is 2.34. The molecule has 0 aromatic rings. The summed E-state index contributed by atoms with van der Waals surface area (Å²) in [7, 11) is 2.13. The lowest BCUT2D eigenvalue weighted by atomic mass is 10.2. The summed E-state index contributed by atoms with van der Waals surface area (Å²) < 4.78 is 5.50. The van der Waals surface area contributed by atoms with Gasteiger partial charge >= 0.3 is 5.97 Å². The van der Waals surface area contributed by atoms with Crippen LogP contribution in [-0.2, 0) is 9.53 Å². The Bertz CT molecular complexity index is 252. The first kappa shape index (κ1) is 11.8. The van der Waals surface area contributed by atoms with Gasteiger partial charge in [0.05, 0.1) is 6.10 Å². The Morgan fingerprint density at radius 2 is 2.00 bits per heavy atom. The van der Waals surface area contributed by atoms with Crippen molar-refractivity contribution in [1.29, 1.82) is 0 Å². The molecule has 5 nitrogen and oxygen atoms in total. The van der Waals surface area contributed by atoms with Crippen molar-refractivity contribution in [3.63, 3.8) is 0 Å². The number of piperazine rings is 1. The predicted octanol–water partition coefficient (Wildman–Crippen LogP) is -0.134. The van der Waals surface area contributed by atoms with E-state index in [1.807, 2.05) is 0 Å². The van der Waals surface area contributed by atoms with Gasteiger partial charge in [0.15, 0.2) is 6.10 Å². The Kier molecular flexibility index (Phi) is 3.78. The van der Waals surface area contributed by atoms with Gasteiger partial charge in [0, 0.05) is 32.7 Å². The number of carboxylic acids is 1. The average Bonchev–Trinajstić information content (AvgIpc) is 2.70. The molecule has 0 bridgehead atoms. The van der Waals surface area contributed by atoms with Gasteiger partial charge in [0.2, 0.25) is 0 Å². The molecule has 2 aliphatic rings. The number of hydrogen-bond acceptors (Lipinski definition) is 4. The number of ether oxygens (including phenoxy) is 1. The minimum atomic E-state index is -0.819. The largest absolute Gasteiger partial charge is 0.479 e. The molecular weight excluding hydrogens is 208 g/mol. The van der Waals surface area contributed by atoms with Gasteiger partial charge in [-0.15, -0.1) is 0 Å². The number of rotatable bonds is 3. The van der Waals surface area contributed by atoms with Crippen LogP contribution in [0.5, 0.6) is 0 Å². The highest BCUT2D eigenvalue weighted by Gasteiger charge is 2.31. The summed E-state index contributed by atoms with van der Waals surface area (Å²) in [5.41, 5.74) is 0. The zero-order valence-electron chi connectivity index (χ0n) is 9.76. The van der Waals surface area contributed by atoms with Gasteiger partial charge in [-0.3, -0.25) is 4.90 Å². The Hall–Kier alpha value is -0.650. The van der Waals surface area contributed by atoms with Gasteiger partial charge in [0.25, 0.3) is 0 Å². The van der Waals surface area contributed by atoms with Gasteiger partial charge in [-0.25, -0.2) is 4.79 Å². The summed E-state index contributed by atoms with van der Waals surface area (Å²) >= 11 is 0. The van der Waals surface area contributed by atoms with Gasteiger partial charge in [-0.05, 0) is 19.9 Å². The van der Waals surface area contributed by atoms with Crippen LogP contribution in [0.4, 0.5) is 0 Å². The lowest BCUT2D eigenvalue weighted by Crippen LogP contribution is -2.47. The van der Waals surface area contributed by atoms with Crippen LogP contribution in [0.2, 0.25) is 0 Å². The predicted molar refractivity (Wildman–Crippen MR) is 59.5 cm³/mol. The Morgan fingerprint density at radius 3 is 2.56 bits per heavy atom. The van der Waals surface area contributed by atoms with Gasteiger partial charge in [-0.1, -0.05) is 0 Å². The first-order valence-corrected chi connectivity index (χ1v) is 5.94. The van der Waals surface area contributed by atoms with E-state index < -0.39 is 12.1 Å². The van der Waals surface area contributed by atoms with E-state index in [9.17, 15) is 4.79 Å². The second-order valence-electron chi connectivity index (χ2n) is 4.77. The minimum absolute atomic E-state index is 0.115. The molecular formula is C11H20N2O3. The third-order valence-electron chi connectivity index (χ3n) is 3.44. The maximum Gasteiger partial charge on any atom is 0.332 e. The molecule has 0 amide bonds. The molecule has 0 unspecified atom stereocenters. The zero-order chi connectivity index (χ0) is 11.5. The summed E-state index contributed by atoms with van der Waals surface area (Å²) in [5, 5.41) is 8.83. The quantitative estimate of drug-likeness (QED) is 0.729. The third kappa shape index (κ3) is 2.93. The van der Waals surface area contributed by atoms with Crippen LogP contribution in [0.1, 0.15) is 12.8 Å². The smallest absolute Gasteiger partial charge is 0.332 e. The van der Waals surface area contributed by atoms with Crippen molar-refractivity contribution in [2.24, 2.45) is 0 Å². The van der Waals surface area contributed by atoms with Crippen molar-refractivity contribution in [1.82, 2.24) is 9.80 Å². The number of carbonyl (C=O) groups is 1. The molecule has 2 heterocycles. The van der Waals surface area contributed by atoms with Crippen molar-refractivity contribution >= 4 is 5.97 Å². The molecule has 92 valence electrons. The van der Waals surface area contributed by atoms with E-state index >= 15 is 0 Å². The van der Waals surface area contributed by atoms with Crippen LogP contribution in [0.25, 0.3) is 0 Å². The van der Waals surface area contributed by atoms with Gasteiger partial charge < -0.3 is 14.7 Å². The van der Waals surface area contributed by atoms with Crippen molar-refractivity contribution in [3.8, 4) is 0 Å². The highest BCUT2D eigenvalue weighted by molar-refractivity contribution is 5.72. The molecule has 0 spiro atoms. The normalized spacial score (nSPS) is 33.1. The van der Waals surface area contributed by atoms with Crippen molar-refractivity contribution in [2.75, 3.05) is 39.8 Å². The summed E-state index contributed by atoms with van der Waals surface area (Å²) in [4.78, 5) is 15.4. The van der Waals surface area contributed by atoms with Gasteiger partial charge in [-0.2, -0.15) is 0 Å². The molecule has 2 aliphatic heterocycles. The maximum absolute atomic E-state index is 10.7. The lowest BCUT2D eigenvalue weighted by molar-refractivity contribution is -0.149. The monoisotopic (exact) mass is 228 g/mol. The van der Waals surface area contributed by atoms with E-state index in [1.54, 1.807) is 0 Å². The van der Waals surface area contributed by atoms with Crippen LogP contribution in [0.3, 0.4) is 0 Å². The maximum atomic E-state index is 10.7. The molecule has 2 fully saturated rings. The molecule has 0 saturated carbocycles. The van der Waals surface area contributed by atoms with Crippen LogP contribution in [0, 0.1) is 0 Å². The van der Waals surface area contributed by atoms with E-state index in [1.165, 1.54) is 0 Å². The molecule has 0 aromatic heterocycles. The fraction of sp³-hybridized carbons (Fsp3) is 0.909. The first-order chi connectivity index (χ1) is 7.65. The average molecular weight is 228 g/mol. The first-order valence-electron chi connectivity index (χ1n) is 5.94. The van der Waals surface area contributed by atoms with E-state index in [-0.39, 0.29) is 6.10 Å². The third-order valence-corrected chi connectivity index (χ3v) is 3.44. The van der Waals surface area contributed by atoms with E-state index in [0.717, 1.165) is 39.1 Å². The SMILES string of the molecule is CN1CCN(C[C@H]2CC[C@@H](C(=O)O)O2)CC1. The number of likely N-dealkylation sites (N-methyl/N-ethyl adjacent to an activating group) is 1. The fourth-order valence-corrected chi connectivity index (χ4v) is 2.34. The van der Waals surface area contributed by atoms with Crippen LogP contribution in [-0.4, -0.2) is 72.9 Å². The minimum Gasteiger partial charge on any atom is -0.479 e. The Balaban J connectivity index is 1.73. The van der Waals surface area contributed by atoms with E-state index in [4.69, 9.17) is 9.84 Å². The molecule has 5 heteroatoms. The van der Waals surface area contributed by atoms with Crippen molar-refractivity contribution < 1.29 is 14.6 Å². The number of nitrogens with zero attached hydrogens (tertiary/aromatic N) is 2. The summed E-state index contributed by atoms with van der Waals surface area (Å²) in [6.07, 6.45) is 1.08. The second kappa shape index (κ2) is 5.12. The molecule has 2 rings (SSSR count). The zero-order valence-corrected chi connectivity index (χ0v) is 9.76. The standard InChI is InChI=1S/C11H20N2O3/c1-12-4-6-13(7-5-12)8-9-2-3-10(16-9)11(14)15/h9-10H,2-8H2,1H3,(H,14,15)/t9-,10+/m1/s1. The Morgan fingerprint density at radius 1 is 1.31 bits per heavy atom. The van der Waals surface area contributed by atoms with E-state index in [0.29, 0.717) is 6.42 Å². The molecule has 2 saturated heterocycles. The molecule has 1 N–H and O–H groups in total. The number of aliphatic carboxylic acids is 1. The molecule has 0 aromatic carbocycles. The van der Waals surface area contributed by atoms with Gasteiger partial charge in [0.1, 0.15) is 0 Å². The highest BCUT2D eigenvalue weighted by Crippen LogP contribution is 2.21. The molecule has 0 radical (unpaired) electrons. The number of hydrogen-bond donors (Lipinski definition) is 1. The van der Waals surface area contributed by atoms with Crippen molar-refractivity contribution in [2.45, 2.75) is 25.0 Å².